The van der Waals surface area contributed by atoms with E-state index in [9.17, 15) is 4.79 Å². The molecule has 98 valence electrons. The number of halogens is 2. The summed E-state index contributed by atoms with van der Waals surface area (Å²) in [6.07, 6.45) is 3.46. The Bertz CT molecular complexity index is 449. The van der Waals surface area contributed by atoms with Crippen LogP contribution in [0.15, 0.2) is 18.2 Å². The van der Waals surface area contributed by atoms with Gasteiger partial charge in [0.15, 0.2) is 0 Å². The van der Waals surface area contributed by atoms with Crippen molar-refractivity contribution < 1.29 is 4.79 Å². The van der Waals surface area contributed by atoms with Gasteiger partial charge in [-0.05, 0) is 60.4 Å². The summed E-state index contributed by atoms with van der Waals surface area (Å²) < 4.78 is 1.08. The van der Waals surface area contributed by atoms with Gasteiger partial charge in [0, 0.05) is 21.5 Å². The van der Waals surface area contributed by atoms with E-state index < -0.39 is 0 Å². The number of benzene rings is 1. The summed E-state index contributed by atoms with van der Waals surface area (Å²) in [6.45, 7) is 2.94. The number of amides is 1. The minimum absolute atomic E-state index is 0.187. The zero-order valence-electron chi connectivity index (χ0n) is 10.5. The molecule has 1 atom stereocenters. The van der Waals surface area contributed by atoms with Crippen molar-refractivity contribution in [1.82, 2.24) is 4.90 Å². The highest BCUT2D eigenvalue weighted by Gasteiger charge is 2.27. The second-order valence-corrected chi connectivity index (χ2v) is 6.47. The second-order valence-electron chi connectivity index (χ2n) is 4.74. The molecule has 1 heterocycles. The Morgan fingerprint density at radius 2 is 2.28 bits per heavy atom. The highest BCUT2D eigenvalue weighted by atomic mass is 127. The van der Waals surface area contributed by atoms with E-state index in [0.29, 0.717) is 6.04 Å². The van der Waals surface area contributed by atoms with Crippen molar-refractivity contribution in [3.8, 4) is 0 Å². The van der Waals surface area contributed by atoms with Crippen LogP contribution in [0.5, 0.6) is 0 Å². The molecule has 18 heavy (non-hydrogen) atoms. The highest BCUT2D eigenvalue weighted by molar-refractivity contribution is 14.1. The van der Waals surface area contributed by atoms with Gasteiger partial charge < -0.3 is 4.90 Å². The molecule has 0 bridgehead atoms. The van der Waals surface area contributed by atoms with Crippen molar-refractivity contribution in [2.45, 2.75) is 32.2 Å². The topological polar surface area (TPSA) is 20.3 Å². The zero-order chi connectivity index (χ0) is 13.1. The van der Waals surface area contributed by atoms with Crippen molar-refractivity contribution in [3.05, 3.63) is 32.9 Å². The molecule has 1 fully saturated rings. The fourth-order valence-corrected chi connectivity index (χ4v) is 3.66. The normalized spacial score (nSPS) is 19.9. The summed E-state index contributed by atoms with van der Waals surface area (Å²) in [6, 6.07) is 6.31. The van der Waals surface area contributed by atoms with Crippen LogP contribution < -0.4 is 0 Å². The van der Waals surface area contributed by atoms with E-state index in [1.165, 1.54) is 12.0 Å². The average Bonchev–Trinajstić information content (AvgIpc) is 2.41. The maximum atomic E-state index is 12.6. The molecule has 1 aliphatic rings. The molecular formula is C14H17BrINO. The Kier molecular flexibility index (Phi) is 5.06. The predicted molar refractivity (Wildman–Crippen MR) is 86.4 cm³/mol. The number of hydrogen-bond acceptors (Lipinski definition) is 1. The highest BCUT2D eigenvalue weighted by Crippen LogP contribution is 2.24. The number of aryl methyl sites for hydroxylation is 1. The first-order valence-corrected chi connectivity index (χ1v) is 8.47. The van der Waals surface area contributed by atoms with Gasteiger partial charge in [-0.2, -0.15) is 0 Å². The lowest BCUT2D eigenvalue weighted by molar-refractivity contribution is 0.0640. The third kappa shape index (κ3) is 2.90. The predicted octanol–water partition coefficient (Wildman–Crippen LogP) is 3.99. The van der Waals surface area contributed by atoms with Crippen LogP contribution >= 0.6 is 38.5 Å². The van der Waals surface area contributed by atoms with E-state index in [1.807, 2.05) is 17.0 Å². The second kappa shape index (κ2) is 6.37. The molecule has 0 spiro atoms. The largest absolute Gasteiger partial charge is 0.335 e. The molecule has 0 aromatic heterocycles. The van der Waals surface area contributed by atoms with Crippen LogP contribution in [0.3, 0.4) is 0 Å². The SMILES string of the molecule is Cc1cccc(C(=O)N2CCCCC2CBr)c1I. The number of likely N-dealkylation sites (tertiary alicyclic amines) is 1. The Morgan fingerprint density at radius 1 is 1.50 bits per heavy atom. The van der Waals surface area contributed by atoms with E-state index in [1.54, 1.807) is 0 Å². The number of nitrogens with zero attached hydrogens (tertiary/aromatic N) is 1. The number of alkyl halides is 1. The fourth-order valence-electron chi connectivity index (χ4n) is 2.40. The first kappa shape index (κ1) is 14.3. The maximum absolute atomic E-state index is 12.6. The van der Waals surface area contributed by atoms with Crippen molar-refractivity contribution >= 4 is 44.4 Å². The molecular weight excluding hydrogens is 405 g/mol. The zero-order valence-corrected chi connectivity index (χ0v) is 14.2. The minimum atomic E-state index is 0.187. The summed E-state index contributed by atoms with van der Waals surface area (Å²) in [7, 11) is 0. The minimum Gasteiger partial charge on any atom is -0.335 e. The first-order chi connectivity index (χ1) is 8.65. The van der Waals surface area contributed by atoms with Gasteiger partial charge >= 0.3 is 0 Å². The molecule has 0 aliphatic carbocycles. The third-order valence-electron chi connectivity index (χ3n) is 3.49. The standard InChI is InChI=1S/C14H17BrINO/c1-10-5-4-7-12(13(10)16)14(18)17-8-3-2-6-11(17)9-15/h4-5,7,11H,2-3,6,8-9H2,1H3. The van der Waals surface area contributed by atoms with E-state index in [0.717, 1.165) is 33.9 Å². The number of carbonyl (C=O) groups is 1. The lowest BCUT2D eigenvalue weighted by atomic mass is 10.0. The lowest BCUT2D eigenvalue weighted by Gasteiger charge is -2.35. The van der Waals surface area contributed by atoms with Crippen LogP contribution in [-0.2, 0) is 0 Å². The lowest BCUT2D eigenvalue weighted by Crippen LogP contribution is -2.44. The van der Waals surface area contributed by atoms with E-state index in [4.69, 9.17) is 0 Å². The molecule has 2 rings (SSSR count). The van der Waals surface area contributed by atoms with Crippen LogP contribution in [0.4, 0.5) is 0 Å². The molecule has 1 unspecified atom stereocenters. The van der Waals surface area contributed by atoms with Crippen molar-refractivity contribution in [1.29, 1.82) is 0 Å². The summed E-state index contributed by atoms with van der Waals surface area (Å²) in [5.74, 6) is 0.187. The average molecular weight is 422 g/mol. The molecule has 1 saturated heterocycles. The maximum Gasteiger partial charge on any atom is 0.255 e. The number of piperidine rings is 1. The van der Waals surface area contributed by atoms with Gasteiger partial charge in [0.2, 0.25) is 0 Å². The Labute approximate surface area is 130 Å². The first-order valence-electron chi connectivity index (χ1n) is 6.27. The molecule has 0 saturated carbocycles. The molecule has 0 radical (unpaired) electrons. The van der Waals surface area contributed by atoms with Gasteiger partial charge in [0.25, 0.3) is 5.91 Å². The van der Waals surface area contributed by atoms with Crippen LogP contribution in [0, 0.1) is 10.5 Å². The smallest absolute Gasteiger partial charge is 0.255 e. The van der Waals surface area contributed by atoms with E-state index in [-0.39, 0.29) is 5.91 Å². The van der Waals surface area contributed by atoms with Gasteiger partial charge in [0.1, 0.15) is 0 Å². The van der Waals surface area contributed by atoms with Crippen molar-refractivity contribution in [2.75, 3.05) is 11.9 Å². The van der Waals surface area contributed by atoms with Gasteiger partial charge in [-0.15, -0.1) is 0 Å². The van der Waals surface area contributed by atoms with E-state index in [2.05, 4.69) is 51.5 Å². The summed E-state index contributed by atoms with van der Waals surface area (Å²) in [5, 5.41) is 0.876. The number of rotatable bonds is 2. The molecule has 1 aliphatic heterocycles. The monoisotopic (exact) mass is 421 g/mol. The number of hydrogen-bond donors (Lipinski definition) is 0. The molecule has 1 aromatic rings. The Morgan fingerprint density at radius 3 is 3.00 bits per heavy atom. The molecule has 0 N–H and O–H groups in total. The van der Waals surface area contributed by atoms with Gasteiger partial charge in [-0.25, -0.2) is 0 Å². The molecule has 2 nitrogen and oxygen atoms in total. The summed E-state index contributed by atoms with van der Waals surface area (Å²) in [4.78, 5) is 14.7. The molecule has 1 aromatic carbocycles. The van der Waals surface area contributed by atoms with Gasteiger partial charge in [0.05, 0.1) is 5.56 Å². The fraction of sp³-hybridized carbons (Fsp3) is 0.500. The summed E-state index contributed by atoms with van der Waals surface area (Å²) in [5.41, 5.74) is 2.03. The van der Waals surface area contributed by atoms with E-state index >= 15 is 0 Å². The number of carbonyl (C=O) groups excluding carboxylic acids is 1. The summed E-state index contributed by atoms with van der Waals surface area (Å²) >= 11 is 5.81. The molecule has 4 heteroatoms. The Hall–Kier alpha value is -0.100. The van der Waals surface area contributed by atoms with Crippen LogP contribution in [0.1, 0.15) is 35.2 Å². The van der Waals surface area contributed by atoms with Crippen molar-refractivity contribution in [3.63, 3.8) is 0 Å². The quantitative estimate of drug-likeness (QED) is 0.522. The van der Waals surface area contributed by atoms with Gasteiger partial charge in [-0.1, -0.05) is 28.1 Å². The van der Waals surface area contributed by atoms with Crippen LogP contribution in [0.25, 0.3) is 0 Å². The molecule has 1 amide bonds. The Balaban J connectivity index is 2.27. The van der Waals surface area contributed by atoms with Crippen LogP contribution in [0.2, 0.25) is 0 Å². The third-order valence-corrected chi connectivity index (χ3v) is 5.67. The van der Waals surface area contributed by atoms with Gasteiger partial charge in [-0.3, -0.25) is 4.79 Å². The van der Waals surface area contributed by atoms with Crippen molar-refractivity contribution in [2.24, 2.45) is 0 Å². The van der Waals surface area contributed by atoms with Crippen LogP contribution in [-0.4, -0.2) is 28.7 Å².